The number of benzene rings is 1. The van der Waals surface area contributed by atoms with Crippen molar-refractivity contribution in [2.24, 2.45) is 5.14 Å². The minimum atomic E-state index is -3.97. The molecule has 1 rings (SSSR count). The molecule has 0 saturated heterocycles. The summed E-state index contributed by atoms with van der Waals surface area (Å²) in [6.07, 6.45) is 0.983. The number of hydrogen-bond acceptors (Lipinski definition) is 4. The third-order valence-corrected chi connectivity index (χ3v) is 3.20. The second kappa shape index (κ2) is 3.80. The van der Waals surface area contributed by atoms with Crippen LogP contribution in [0.5, 0.6) is 0 Å². The molecule has 0 fully saturated rings. The van der Waals surface area contributed by atoms with Crippen LogP contribution in [0.3, 0.4) is 0 Å². The number of nitrogens with one attached hydrogen (secondary N) is 1. The first-order chi connectivity index (χ1) is 6.70. The summed E-state index contributed by atoms with van der Waals surface area (Å²) in [7, 11) is -7.46. The van der Waals surface area contributed by atoms with E-state index in [2.05, 4.69) is 0 Å². The molecule has 15 heavy (non-hydrogen) atoms. The van der Waals surface area contributed by atoms with Crippen molar-refractivity contribution in [2.45, 2.75) is 4.90 Å². The Morgan fingerprint density at radius 1 is 1.13 bits per heavy atom. The van der Waals surface area contributed by atoms with E-state index in [-0.39, 0.29) is 10.6 Å². The average molecular weight is 250 g/mol. The molecule has 8 heteroatoms. The number of rotatable bonds is 3. The monoisotopic (exact) mass is 250 g/mol. The molecule has 1 aromatic carbocycles. The van der Waals surface area contributed by atoms with Crippen LogP contribution in [0.15, 0.2) is 29.2 Å². The van der Waals surface area contributed by atoms with Crippen LogP contribution in [0, 0.1) is 0 Å². The predicted molar refractivity (Wildman–Crippen MR) is 56.3 cm³/mol. The summed E-state index contributed by atoms with van der Waals surface area (Å²) in [4.78, 5) is -0.112. The Balaban J connectivity index is 3.32. The van der Waals surface area contributed by atoms with E-state index in [0.29, 0.717) is 0 Å². The van der Waals surface area contributed by atoms with Crippen LogP contribution in [0.25, 0.3) is 0 Å². The number of para-hydroxylation sites is 1. The van der Waals surface area contributed by atoms with Gasteiger partial charge in [-0.25, -0.2) is 13.6 Å². The summed E-state index contributed by atoms with van der Waals surface area (Å²) in [6.45, 7) is 0. The minimum Gasteiger partial charge on any atom is -0.270 e. The van der Waals surface area contributed by atoms with E-state index >= 15 is 0 Å². The van der Waals surface area contributed by atoms with Gasteiger partial charge in [0.05, 0.1) is 10.6 Å². The SMILES string of the molecule is CS(=O)(=O)c1ccccc1NS(N)(=O)=O. The van der Waals surface area contributed by atoms with Crippen LogP contribution in [-0.2, 0) is 20.0 Å². The Bertz CT molecular complexity index is 562. The largest absolute Gasteiger partial charge is 0.296 e. The molecule has 0 heterocycles. The van der Waals surface area contributed by atoms with Gasteiger partial charge in [-0.3, -0.25) is 4.72 Å². The second-order valence-corrected chi connectivity index (χ2v) is 6.19. The smallest absolute Gasteiger partial charge is 0.270 e. The van der Waals surface area contributed by atoms with Gasteiger partial charge in [-0.1, -0.05) is 12.1 Å². The maximum absolute atomic E-state index is 11.3. The molecule has 0 aliphatic heterocycles. The first-order valence-corrected chi connectivity index (χ1v) is 7.23. The minimum absolute atomic E-state index is 0.0532. The Hall–Kier alpha value is -1.12. The summed E-state index contributed by atoms with van der Waals surface area (Å²) in [5, 5.41) is 4.75. The van der Waals surface area contributed by atoms with Crippen molar-refractivity contribution in [1.82, 2.24) is 0 Å². The molecular formula is C7H10N2O4S2. The van der Waals surface area contributed by atoms with Gasteiger partial charge in [-0.15, -0.1) is 0 Å². The van der Waals surface area contributed by atoms with Gasteiger partial charge in [-0.05, 0) is 12.1 Å². The molecule has 84 valence electrons. The molecule has 0 aromatic heterocycles. The summed E-state index contributed by atoms with van der Waals surface area (Å²) in [6, 6.07) is 5.61. The fraction of sp³-hybridized carbons (Fsp3) is 0.143. The van der Waals surface area contributed by atoms with E-state index in [9.17, 15) is 16.8 Å². The summed E-state index contributed by atoms with van der Waals surface area (Å²) in [5.74, 6) is 0. The molecule has 0 amide bonds. The van der Waals surface area contributed by atoms with Crippen molar-refractivity contribution in [3.8, 4) is 0 Å². The van der Waals surface area contributed by atoms with Gasteiger partial charge < -0.3 is 0 Å². The zero-order valence-corrected chi connectivity index (χ0v) is 9.47. The highest BCUT2D eigenvalue weighted by Gasteiger charge is 2.14. The average Bonchev–Trinajstić information content (AvgIpc) is 1.99. The molecule has 0 spiro atoms. The number of nitrogens with two attached hydrogens (primary N) is 1. The lowest BCUT2D eigenvalue weighted by molar-refractivity contribution is 0.602. The Morgan fingerprint density at radius 2 is 1.67 bits per heavy atom. The maximum Gasteiger partial charge on any atom is 0.296 e. The van der Waals surface area contributed by atoms with Crippen LogP contribution in [0.1, 0.15) is 0 Å². The fourth-order valence-corrected chi connectivity index (χ4v) is 2.42. The highest BCUT2D eigenvalue weighted by Crippen LogP contribution is 2.20. The van der Waals surface area contributed by atoms with Crippen molar-refractivity contribution < 1.29 is 16.8 Å². The van der Waals surface area contributed by atoms with Crippen molar-refractivity contribution in [1.29, 1.82) is 0 Å². The Kier molecular flexibility index (Phi) is 3.03. The number of anilines is 1. The quantitative estimate of drug-likeness (QED) is 0.768. The first-order valence-electron chi connectivity index (χ1n) is 3.80. The molecule has 6 nitrogen and oxygen atoms in total. The Labute approximate surface area is 88.2 Å². The van der Waals surface area contributed by atoms with Crippen LogP contribution in [0.4, 0.5) is 5.69 Å². The van der Waals surface area contributed by atoms with Gasteiger partial charge >= 0.3 is 0 Å². The Morgan fingerprint density at radius 3 is 2.13 bits per heavy atom. The molecule has 0 saturated carbocycles. The zero-order valence-electron chi connectivity index (χ0n) is 7.84. The van der Waals surface area contributed by atoms with Crippen molar-refractivity contribution in [3.05, 3.63) is 24.3 Å². The summed E-state index contributed by atoms with van der Waals surface area (Å²) < 4.78 is 46.0. The van der Waals surface area contributed by atoms with Crippen LogP contribution in [0.2, 0.25) is 0 Å². The topological polar surface area (TPSA) is 106 Å². The molecule has 0 radical (unpaired) electrons. The molecule has 0 aliphatic rings. The van der Waals surface area contributed by atoms with Gasteiger partial charge in [-0.2, -0.15) is 8.42 Å². The van der Waals surface area contributed by atoms with Crippen LogP contribution < -0.4 is 9.86 Å². The summed E-state index contributed by atoms with van der Waals surface area (Å²) >= 11 is 0. The molecule has 0 bridgehead atoms. The number of hydrogen-bond donors (Lipinski definition) is 2. The van der Waals surface area contributed by atoms with E-state index in [4.69, 9.17) is 5.14 Å². The third kappa shape index (κ3) is 3.50. The fourth-order valence-electron chi connectivity index (χ4n) is 1.03. The molecule has 0 unspecified atom stereocenters. The van der Waals surface area contributed by atoms with Gasteiger partial charge in [0.2, 0.25) is 0 Å². The highest BCUT2D eigenvalue weighted by atomic mass is 32.2. The van der Waals surface area contributed by atoms with Crippen molar-refractivity contribution in [2.75, 3.05) is 11.0 Å². The lowest BCUT2D eigenvalue weighted by Gasteiger charge is -2.07. The molecular weight excluding hydrogens is 240 g/mol. The van der Waals surface area contributed by atoms with Gasteiger partial charge in [0.15, 0.2) is 9.84 Å². The van der Waals surface area contributed by atoms with Gasteiger partial charge in [0, 0.05) is 6.26 Å². The van der Waals surface area contributed by atoms with E-state index in [1.165, 1.54) is 24.3 Å². The predicted octanol–water partition coefficient (Wildman–Crippen LogP) is -0.294. The van der Waals surface area contributed by atoms with E-state index in [1.807, 2.05) is 4.72 Å². The third-order valence-electron chi connectivity index (χ3n) is 1.54. The van der Waals surface area contributed by atoms with E-state index in [1.54, 1.807) is 0 Å². The van der Waals surface area contributed by atoms with Gasteiger partial charge in [0.1, 0.15) is 0 Å². The summed E-state index contributed by atoms with van der Waals surface area (Å²) in [5.41, 5.74) is -0.0532. The van der Waals surface area contributed by atoms with E-state index < -0.39 is 20.0 Å². The lowest BCUT2D eigenvalue weighted by Crippen LogP contribution is -2.22. The standard InChI is InChI=1S/C7H10N2O4S2/c1-14(10,11)7-5-3-2-4-6(7)9-15(8,12)13/h2-5,9H,1H3,(H2,8,12,13). The van der Waals surface area contributed by atoms with Gasteiger partial charge in [0.25, 0.3) is 10.2 Å². The van der Waals surface area contributed by atoms with Crippen LogP contribution >= 0.6 is 0 Å². The second-order valence-electron chi connectivity index (χ2n) is 2.92. The maximum atomic E-state index is 11.3. The van der Waals surface area contributed by atoms with Crippen molar-refractivity contribution in [3.63, 3.8) is 0 Å². The number of sulfone groups is 1. The first kappa shape index (κ1) is 12.0. The normalized spacial score (nSPS) is 12.4. The van der Waals surface area contributed by atoms with Crippen LogP contribution in [-0.4, -0.2) is 23.1 Å². The molecule has 1 aromatic rings. The molecule has 3 N–H and O–H groups in total. The zero-order chi connectivity index (χ0) is 11.7. The van der Waals surface area contributed by atoms with E-state index in [0.717, 1.165) is 6.26 Å². The molecule has 0 aliphatic carbocycles. The lowest BCUT2D eigenvalue weighted by atomic mass is 10.3. The molecule has 0 atom stereocenters. The van der Waals surface area contributed by atoms with Crippen molar-refractivity contribution >= 4 is 25.7 Å². The highest BCUT2D eigenvalue weighted by molar-refractivity contribution is 7.91.